The molecule has 3 aromatic rings. The summed E-state index contributed by atoms with van der Waals surface area (Å²) in [4.78, 5) is 36.4. The second kappa shape index (κ2) is 6.33. The third kappa shape index (κ3) is 2.87. The summed E-state index contributed by atoms with van der Waals surface area (Å²) in [5.41, 5.74) is 4.82. The van der Waals surface area contributed by atoms with E-state index in [1.807, 2.05) is 0 Å². The van der Waals surface area contributed by atoms with Gasteiger partial charge in [-0.25, -0.2) is 4.68 Å². The van der Waals surface area contributed by atoms with Crippen LogP contribution < -0.4 is 16.4 Å². The van der Waals surface area contributed by atoms with Crippen LogP contribution in [0.15, 0.2) is 59.4 Å². The molecule has 0 bridgehead atoms. The van der Waals surface area contributed by atoms with Crippen molar-refractivity contribution in [3.8, 4) is 0 Å². The average molecular weight is 322 g/mol. The van der Waals surface area contributed by atoms with Crippen LogP contribution in [0.5, 0.6) is 0 Å². The quantitative estimate of drug-likeness (QED) is 0.689. The van der Waals surface area contributed by atoms with Gasteiger partial charge in [0.2, 0.25) is 0 Å². The number of nitrogens with one attached hydrogen (secondary N) is 2. The molecule has 0 aliphatic heterocycles. The zero-order valence-electron chi connectivity index (χ0n) is 12.8. The van der Waals surface area contributed by atoms with Crippen molar-refractivity contribution in [2.24, 2.45) is 7.05 Å². The maximum Gasteiger partial charge on any atom is 0.290 e. The highest BCUT2D eigenvalue weighted by Crippen LogP contribution is 2.12. The summed E-state index contributed by atoms with van der Waals surface area (Å²) >= 11 is 0. The first-order valence-corrected chi connectivity index (χ1v) is 7.19. The average Bonchev–Trinajstić information content (AvgIpc) is 2.63. The summed E-state index contributed by atoms with van der Waals surface area (Å²) in [5, 5.41) is 4.80. The van der Waals surface area contributed by atoms with E-state index in [-0.39, 0.29) is 11.3 Å². The lowest BCUT2D eigenvalue weighted by Gasteiger charge is -2.10. The highest BCUT2D eigenvalue weighted by atomic mass is 16.2. The summed E-state index contributed by atoms with van der Waals surface area (Å²) < 4.78 is 1.09. The first kappa shape index (κ1) is 15.4. The minimum atomic E-state index is -0.605. The van der Waals surface area contributed by atoms with Gasteiger partial charge in [0, 0.05) is 18.0 Å². The number of fused-ring (bicyclic) bond motifs is 1. The lowest BCUT2D eigenvalue weighted by Crippen LogP contribution is -2.42. The molecule has 0 aliphatic rings. The minimum absolute atomic E-state index is 0.0565. The SMILES string of the molecule is Cn1nc(C(=O)NNC(=O)c2ccccc2)c2ccccc2c1=O. The van der Waals surface area contributed by atoms with Crippen LogP contribution in [0.3, 0.4) is 0 Å². The predicted molar refractivity (Wildman–Crippen MR) is 88.4 cm³/mol. The second-order valence-corrected chi connectivity index (χ2v) is 5.10. The van der Waals surface area contributed by atoms with E-state index < -0.39 is 11.8 Å². The van der Waals surface area contributed by atoms with Crippen molar-refractivity contribution in [2.75, 3.05) is 0 Å². The molecule has 2 amide bonds. The van der Waals surface area contributed by atoms with Gasteiger partial charge < -0.3 is 0 Å². The molecule has 2 aromatic carbocycles. The molecule has 0 unspecified atom stereocenters. The summed E-state index contributed by atoms with van der Waals surface area (Å²) in [5.74, 6) is -1.05. The number of nitrogens with zero attached hydrogens (tertiary/aromatic N) is 2. The number of amides is 2. The first-order valence-electron chi connectivity index (χ1n) is 7.19. The number of carbonyl (C=O) groups excluding carboxylic acids is 2. The van der Waals surface area contributed by atoms with Gasteiger partial charge in [-0.05, 0) is 18.2 Å². The van der Waals surface area contributed by atoms with Crippen molar-refractivity contribution in [1.82, 2.24) is 20.6 Å². The van der Waals surface area contributed by atoms with Gasteiger partial charge in [-0.3, -0.25) is 25.2 Å². The van der Waals surface area contributed by atoms with Gasteiger partial charge in [0.05, 0.1) is 5.39 Å². The number of hydrogen-bond acceptors (Lipinski definition) is 4. The maximum atomic E-state index is 12.4. The third-order valence-electron chi connectivity index (χ3n) is 3.50. The van der Waals surface area contributed by atoms with E-state index in [0.717, 1.165) is 4.68 Å². The fraction of sp³-hybridized carbons (Fsp3) is 0.0588. The molecule has 1 aromatic heterocycles. The third-order valence-corrected chi connectivity index (χ3v) is 3.50. The van der Waals surface area contributed by atoms with Crippen LogP contribution >= 0.6 is 0 Å². The molecule has 24 heavy (non-hydrogen) atoms. The fourth-order valence-electron chi connectivity index (χ4n) is 2.30. The van der Waals surface area contributed by atoms with E-state index in [9.17, 15) is 14.4 Å². The number of aryl methyl sites for hydroxylation is 1. The highest BCUT2D eigenvalue weighted by Gasteiger charge is 2.16. The van der Waals surface area contributed by atoms with E-state index in [0.29, 0.717) is 16.3 Å². The Morgan fingerprint density at radius 2 is 1.46 bits per heavy atom. The molecule has 0 radical (unpaired) electrons. The summed E-state index contributed by atoms with van der Waals surface area (Å²) in [6.45, 7) is 0. The van der Waals surface area contributed by atoms with Crippen LogP contribution in [0.4, 0.5) is 0 Å². The molecule has 0 spiro atoms. The molecule has 2 N–H and O–H groups in total. The topological polar surface area (TPSA) is 93.1 Å². The normalized spacial score (nSPS) is 10.4. The smallest absolute Gasteiger partial charge is 0.267 e. The number of benzene rings is 2. The van der Waals surface area contributed by atoms with Crippen LogP contribution in [0.25, 0.3) is 10.8 Å². The van der Waals surface area contributed by atoms with Crippen LogP contribution in [-0.4, -0.2) is 21.6 Å². The molecule has 1 heterocycles. The standard InChI is InChI=1S/C17H14N4O3/c1-21-17(24)13-10-6-5-9-12(13)14(20-21)16(23)19-18-15(22)11-7-3-2-4-8-11/h2-10H,1H3,(H,18,22)(H,19,23). The zero-order chi connectivity index (χ0) is 17.1. The van der Waals surface area contributed by atoms with E-state index in [1.54, 1.807) is 54.6 Å². The Morgan fingerprint density at radius 3 is 2.17 bits per heavy atom. The maximum absolute atomic E-state index is 12.4. The Balaban J connectivity index is 1.86. The highest BCUT2D eigenvalue weighted by molar-refractivity contribution is 6.06. The molecular formula is C17H14N4O3. The van der Waals surface area contributed by atoms with E-state index >= 15 is 0 Å². The van der Waals surface area contributed by atoms with Gasteiger partial charge in [0.15, 0.2) is 5.69 Å². The number of hydrogen-bond donors (Lipinski definition) is 2. The van der Waals surface area contributed by atoms with E-state index in [1.165, 1.54) is 7.05 Å². The molecule has 0 atom stereocenters. The molecule has 7 nitrogen and oxygen atoms in total. The monoisotopic (exact) mass is 322 g/mol. The Hall–Kier alpha value is -3.48. The molecule has 120 valence electrons. The lowest BCUT2D eigenvalue weighted by molar-refractivity contribution is 0.0844. The molecule has 0 aliphatic carbocycles. The van der Waals surface area contributed by atoms with Crippen molar-refractivity contribution in [2.45, 2.75) is 0 Å². The zero-order valence-corrected chi connectivity index (χ0v) is 12.8. The van der Waals surface area contributed by atoms with Gasteiger partial charge in [-0.2, -0.15) is 5.10 Å². The van der Waals surface area contributed by atoms with Gasteiger partial charge in [-0.15, -0.1) is 0 Å². The summed E-state index contributed by atoms with van der Waals surface area (Å²) in [6.07, 6.45) is 0. The van der Waals surface area contributed by atoms with Crippen LogP contribution in [0.2, 0.25) is 0 Å². The molecule has 3 rings (SSSR count). The van der Waals surface area contributed by atoms with Gasteiger partial charge in [-0.1, -0.05) is 36.4 Å². The number of aromatic nitrogens is 2. The van der Waals surface area contributed by atoms with Crippen LogP contribution in [0, 0.1) is 0 Å². The van der Waals surface area contributed by atoms with Crippen molar-refractivity contribution < 1.29 is 9.59 Å². The van der Waals surface area contributed by atoms with Gasteiger partial charge in [0.1, 0.15) is 0 Å². The first-order chi connectivity index (χ1) is 11.6. The fourth-order valence-corrected chi connectivity index (χ4v) is 2.30. The minimum Gasteiger partial charge on any atom is -0.267 e. The number of hydrazine groups is 1. The molecule has 0 fully saturated rings. The largest absolute Gasteiger partial charge is 0.290 e. The number of carbonyl (C=O) groups is 2. The van der Waals surface area contributed by atoms with E-state index in [4.69, 9.17) is 0 Å². The lowest BCUT2D eigenvalue weighted by atomic mass is 10.1. The summed E-state index contributed by atoms with van der Waals surface area (Å²) in [6, 6.07) is 15.2. The van der Waals surface area contributed by atoms with Crippen molar-refractivity contribution in [1.29, 1.82) is 0 Å². The van der Waals surface area contributed by atoms with Crippen molar-refractivity contribution in [3.05, 3.63) is 76.2 Å². The predicted octanol–water partition coefficient (Wildman–Crippen LogP) is 1.01. The Kier molecular flexibility index (Phi) is 4.07. The number of rotatable bonds is 2. The molecular weight excluding hydrogens is 308 g/mol. The van der Waals surface area contributed by atoms with Crippen molar-refractivity contribution in [3.63, 3.8) is 0 Å². The Labute approximate surface area is 136 Å². The Morgan fingerprint density at radius 1 is 0.875 bits per heavy atom. The van der Waals surface area contributed by atoms with Gasteiger partial charge >= 0.3 is 0 Å². The molecule has 7 heteroatoms. The van der Waals surface area contributed by atoms with Crippen LogP contribution in [-0.2, 0) is 7.05 Å². The van der Waals surface area contributed by atoms with Crippen molar-refractivity contribution >= 4 is 22.6 Å². The summed E-state index contributed by atoms with van der Waals surface area (Å²) in [7, 11) is 1.47. The molecule has 0 saturated heterocycles. The van der Waals surface area contributed by atoms with Crippen LogP contribution in [0.1, 0.15) is 20.8 Å². The Bertz CT molecular complexity index is 980. The van der Waals surface area contributed by atoms with E-state index in [2.05, 4.69) is 16.0 Å². The second-order valence-electron chi connectivity index (χ2n) is 5.10. The van der Waals surface area contributed by atoms with Gasteiger partial charge in [0.25, 0.3) is 17.4 Å². The molecule has 0 saturated carbocycles.